The van der Waals surface area contributed by atoms with E-state index in [1.807, 2.05) is 0 Å². The third-order valence-electron chi connectivity index (χ3n) is 10.3. The first kappa shape index (κ1) is 37.4. The Balaban J connectivity index is 1.79. The topological polar surface area (TPSA) is 268 Å². The van der Waals surface area contributed by atoms with E-state index >= 15 is 0 Å². The van der Waals surface area contributed by atoms with Gasteiger partial charge in [0.25, 0.3) is 5.91 Å². The van der Waals surface area contributed by atoms with Gasteiger partial charge in [-0.2, -0.15) is 0 Å². The normalized spacial score (nSPS) is 36.9. The van der Waals surface area contributed by atoms with Crippen molar-refractivity contribution in [3.8, 4) is 11.5 Å². The molecule has 3 aliphatic carbocycles. The second-order valence-electron chi connectivity index (χ2n) is 13.7. The van der Waals surface area contributed by atoms with Gasteiger partial charge in [-0.15, -0.1) is 5.48 Å². The van der Waals surface area contributed by atoms with E-state index in [2.05, 4.69) is 5.48 Å². The molecule has 50 heavy (non-hydrogen) atoms. The van der Waals surface area contributed by atoms with Crippen molar-refractivity contribution in [1.82, 2.24) is 10.4 Å². The molecule has 9 atom stereocenters. The molecule has 1 saturated carbocycles. The fourth-order valence-corrected chi connectivity index (χ4v) is 8.35. The summed E-state index contributed by atoms with van der Waals surface area (Å²) in [7, 11) is 3.89. The van der Waals surface area contributed by atoms with Gasteiger partial charge in [-0.3, -0.25) is 24.1 Å². The predicted octanol–water partition coefficient (Wildman–Crippen LogP) is -0.248. The minimum Gasteiger partial charge on any atom is -0.508 e. The van der Waals surface area contributed by atoms with Gasteiger partial charge in [-0.05, 0) is 41.3 Å². The number of nitrogens with zero attached hydrogens (tertiary/aromatic N) is 1. The molecule has 5 rings (SSSR count). The maximum atomic E-state index is 14.6. The molecule has 2 fully saturated rings. The van der Waals surface area contributed by atoms with Gasteiger partial charge in [0.15, 0.2) is 17.8 Å². The number of halogens is 1. The SMILES string of the molecule is COc1cc(O)c2c(c1Cl)[C@](C)(O[C@H]1C[C@](C)(NOC(C)=O)[C@@H](O)[C@H](C)O1)[C@H]1C[C@@]3(O)[C@H](N(C)C)C(=O)C(C(N)=O)=C(O)[C@@]3(O)C(=O)C1=C2O. The standard InChI is InChI=1S/C32H40ClN3O14/c1-11-25(41)29(3,35-50-12(2)37)10-16(48-11)49-30(4)13-9-31(45)24(36(5)6)23(40)19(28(34)44)27(43)32(31,46)26(42)17(13)22(39)18-14(38)8-15(47-7)21(33)20(18)30/h8,11,13,16,24-25,35,38-39,41,43,45-46H,9-10H2,1-7H3,(H2,34,44)/t11-,13-,16-,24+,25-,29-,30+,31+,32-/m0/s1. The Hall–Kier alpha value is -3.81. The molecule has 1 aliphatic heterocycles. The molecule has 1 saturated heterocycles. The number of methoxy groups -OCH3 is 1. The molecule has 18 heteroatoms. The van der Waals surface area contributed by atoms with Gasteiger partial charge in [0.05, 0.1) is 29.3 Å². The highest BCUT2D eigenvalue weighted by molar-refractivity contribution is 6.33. The Morgan fingerprint density at radius 2 is 1.76 bits per heavy atom. The van der Waals surface area contributed by atoms with E-state index in [1.165, 1.54) is 42.0 Å². The maximum Gasteiger partial charge on any atom is 0.321 e. The minimum absolute atomic E-state index is 0.0910. The number of phenolic OH excluding ortho intramolecular Hbond substituents is 1. The summed E-state index contributed by atoms with van der Waals surface area (Å²) in [6, 6.07) is -0.813. The van der Waals surface area contributed by atoms with Crippen LogP contribution in [0.1, 0.15) is 51.7 Å². The number of fused-ring (bicyclic) bond motifs is 3. The molecule has 274 valence electrons. The number of aliphatic hydroxyl groups is 5. The van der Waals surface area contributed by atoms with Crippen LogP contribution < -0.4 is 16.0 Å². The summed E-state index contributed by atoms with van der Waals surface area (Å²) in [6.07, 6.45) is -4.62. The lowest BCUT2D eigenvalue weighted by molar-refractivity contribution is -0.298. The number of nitrogens with two attached hydrogens (primary N) is 1. The van der Waals surface area contributed by atoms with Gasteiger partial charge in [0.1, 0.15) is 46.2 Å². The number of carbonyl (C=O) groups is 4. The largest absolute Gasteiger partial charge is 0.508 e. The van der Waals surface area contributed by atoms with E-state index in [4.69, 9.17) is 36.4 Å². The molecule has 9 N–H and O–H groups in total. The van der Waals surface area contributed by atoms with Gasteiger partial charge in [0.2, 0.25) is 11.4 Å². The Kier molecular flexibility index (Phi) is 9.11. The molecule has 1 aromatic carbocycles. The lowest BCUT2D eigenvalue weighted by Gasteiger charge is -2.58. The van der Waals surface area contributed by atoms with Crippen molar-refractivity contribution < 1.29 is 68.9 Å². The van der Waals surface area contributed by atoms with Crippen LogP contribution in [0.25, 0.3) is 5.76 Å². The third kappa shape index (κ3) is 5.02. The number of benzene rings is 1. The van der Waals surface area contributed by atoms with Gasteiger partial charge in [-0.1, -0.05) is 11.6 Å². The van der Waals surface area contributed by atoms with Crippen molar-refractivity contribution in [3.05, 3.63) is 39.1 Å². The number of aromatic hydroxyl groups is 1. The molecular formula is C32H40ClN3O14. The number of primary amides is 1. The van der Waals surface area contributed by atoms with E-state index in [1.54, 1.807) is 0 Å². The molecule has 0 unspecified atom stereocenters. The molecule has 17 nitrogen and oxygen atoms in total. The Labute approximate surface area is 290 Å². The van der Waals surface area contributed by atoms with Crippen LogP contribution in [-0.2, 0) is 39.1 Å². The van der Waals surface area contributed by atoms with E-state index in [-0.39, 0.29) is 22.8 Å². The summed E-state index contributed by atoms with van der Waals surface area (Å²) in [5, 5.41) is 69.5. The number of phenols is 1. The molecule has 1 amide bonds. The fraction of sp³-hybridized carbons (Fsp3) is 0.562. The second-order valence-corrected chi connectivity index (χ2v) is 14.1. The average Bonchev–Trinajstić information content (AvgIpc) is 3.00. The highest BCUT2D eigenvalue weighted by Crippen LogP contribution is 2.62. The first-order valence-corrected chi connectivity index (χ1v) is 15.8. The molecular weight excluding hydrogens is 686 g/mol. The highest BCUT2D eigenvalue weighted by atomic mass is 35.5. The number of carbonyl (C=O) groups excluding carboxylic acids is 4. The summed E-state index contributed by atoms with van der Waals surface area (Å²) in [4.78, 5) is 58.4. The number of likely N-dealkylation sites (N-methyl/N-ethyl adjacent to an activating group) is 1. The van der Waals surface area contributed by atoms with Gasteiger partial charge in [0, 0.05) is 36.5 Å². The van der Waals surface area contributed by atoms with Crippen molar-refractivity contribution in [2.24, 2.45) is 11.7 Å². The number of hydrogen-bond donors (Lipinski definition) is 8. The number of hydrogen-bond acceptors (Lipinski definition) is 16. The van der Waals surface area contributed by atoms with E-state index < -0.39 is 117 Å². The lowest BCUT2D eigenvalue weighted by Crippen LogP contribution is -2.77. The summed E-state index contributed by atoms with van der Waals surface area (Å²) in [6.45, 7) is 5.58. The van der Waals surface area contributed by atoms with Crippen molar-refractivity contribution in [2.45, 2.75) is 87.4 Å². The van der Waals surface area contributed by atoms with E-state index in [0.717, 1.165) is 17.9 Å². The third-order valence-corrected chi connectivity index (χ3v) is 10.7. The van der Waals surface area contributed by atoms with Crippen LogP contribution in [0.15, 0.2) is 23.0 Å². The zero-order valence-corrected chi connectivity index (χ0v) is 29.0. The summed E-state index contributed by atoms with van der Waals surface area (Å²) in [5.74, 6) is -9.66. The number of Topliss-reactive ketones (excluding diaryl/α,β-unsaturated/α-hetero) is 2. The predicted molar refractivity (Wildman–Crippen MR) is 170 cm³/mol. The Morgan fingerprint density at radius 1 is 1.14 bits per heavy atom. The maximum absolute atomic E-state index is 14.6. The molecule has 0 bridgehead atoms. The quantitative estimate of drug-likeness (QED) is 0.133. The molecule has 1 aromatic rings. The number of ether oxygens (including phenoxy) is 3. The van der Waals surface area contributed by atoms with Crippen molar-refractivity contribution in [3.63, 3.8) is 0 Å². The van der Waals surface area contributed by atoms with Crippen LogP contribution in [-0.4, -0.2) is 121 Å². The summed E-state index contributed by atoms with van der Waals surface area (Å²) >= 11 is 6.85. The summed E-state index contributed by atoms with van der Waals surface area (Å²) < 4.78 is 18.0. The molecule has 0 spiro atoms. The Bertz CT molecular complexity index is 1760. The van der Waals surface area contributed by atoms with Crippen LogP contribution in [0.4, 0.5) is 0 Å². The monoisotopic (exact) mass is 725 g/mol. The van der Waals surface area contributed by atoms with Crippen molar-refractivity contribution in [2.75, 3.05) is 21.2 Å². The van der Waals surface area contributed by atoms with Crippen LogP contribution in [0.2, 0.25) is 5.02 Å². The van der Waals surface area contributed by atoms with Crippen LogP contribution in [0.5, 0.6) is 11.5 Å². The highest BCUT2D eigenvalue weighted by Gasteiger charge is 2.74. The Morgan fingerprint density at radius 3 is 2.30 bits per heavy atom. The van der Waals surface area contributed by atoms with Crippen molar-refractivity contribution in [1.29, 1.82) is 0 Å². The van der Waals surface area contributed by atoms with Crippen LogP contribution in [0.3, 0.4) is 0 Å². The minimum atomic E-state index is -3.42. The fourth-order valence-electron chi connectivity index (χ4n) is 7.93. The van der Waals surface area contributed by atoms with Crippen molar-refractivity contribution >= 4 is 40.8 Å². The first-order chi connectivity index (χ1) is 23.0. The number of ketones is 2. The van der Waals surface area contributed by atoms with E-state index in [9.17, 15) is 49.8 Å². The smallest absolute Gasteiger partial charge is 0.321 e. The van der Waals surface area contributed by atoms with Gasteiger partial charge >= 0.3 is 5.97 Å². The molecule has 0 radical (unpaired) electrons. The van der Waals surface area contributed by atoms with Crippen LogP contribution in [0, 0.1) is 5.92 Å². The lowest BCUT2D eigenvalue weighted by atomic mass is 9.52. The number of rotatable bonds is 7. The van der Waals surface area contributed by atoms with Gasteiger partial charge < -0.3 is 55.4 Å². The number of aliphatic hydroxyl groups excluding tert-OH is 3. The summed E-state index contributed by atoms with van der Waals surface area (Å²) in [5.41, 5.74) is -4.23. The second kappa shape index (κ2) is 12.2. The number of hydroxylamine groups is 1. The van der Waals surface area contributed by atoms with Gasteiger partial charge in [-0.25, -0.2) is 0 Å². The van der Waals surface area contributed by atoms with Crippen LogP contribution >= 0.6 is 11.6 Å². The molecule has 0 aromatic heterocycles. The first-order valence-electron chi connectivity index (χ1n) is 15.5. The van der Waals surface area contributed by atoms with E-state index in [0.29, 0.717) is 0 Å². The number of nitrogens with one attached hydrogen (secondary N) is 1. The molecule has 1 heterocycles. The average molecular weight is 726 g/mol. The zero-order valence-electron chi connectivity index (χ0n) is 28.2. The molecule has 4 aliphatic rings. The zero-order chi connectivity index (χ0) is 37.6. The number of amides is 1.